The summed E-state index contributed by atoms with van der Waals surface area (Å²) in [6.45, 7) is 3.94. The summed E-state index contributed by atoms with van der Waals surface area (Å²) in [7, 11) is 2.18. The Morgan fingerprint density at radius 2 is 2.00 bits per heavy atom. The van der Waals surface area contributed by atoms with E-state index < -0.39 is 0 Å². The lowest BCUT2D eigenvalue weighted by molar-refractivity contribution is -0.136. The van der Waals surface area contributed by atoms with Crippen molar-refractivity contribution in [1.29, 1.82) is 0 Å². The number of carbonyl (C=O) groups excluding carboxylic acids is 1. The third-order valence-corrected chi connectivity index (χ3v) is 4.79. The standard InChI is InChI=1S/C14H23N5O/c1-11(19-10-15-9-16-19)14(20)18-8-4-6-13(18)12-5-3-7-17(12)2/h9-13H,3-8H2,1-2H3/t11-,12+,13+/m1/s1. The summed E-state index contributed by atoms with van der Waals surface area (Å²) in [6.07, 6.45) is 7.81. The summed E-state index contributed by atoms with van der Waals surface area (Å²) in [4.78, 5) is 21.2. The molecule has 3 atom stereocenters. The highest BCUT2D eigenvalue weighted by Crippen LogP contribution is 2.30. The van der Waals surface area contributed by atoms with Gasteiger partial charge < -0.3 is 9.80 Å². The Hall–Kier alpha value is -1.43. The van der Waals surface area contributed by atoms with Gasteiger partial charge in [0.2, 0.25) is 5.91 Å². The average Bonchev–Trinajstić information content (AvgIpc) is 3.17. The number of likely N-dealkylation sites (N-methyl/N-ethyl adjacent to an activating group) is 1. The van der Waals surface area contributed by atoms with Gasteiger partial charge >= 0.3 is 0 Å². The summed E-state index contributed by atoms with van der Waals surface area (Å²) in [5.41, 5.74) is 0. The molecule has 0 radical (unpaired) electrons. The van der Waals surface area contributed by atoms with Crippen molar-refractivity contribution in [1.82, 2.24) is 24.6 Å². The minimum atomic E-state index is -0.259. The lowest BCUT2D eigenvalue weighted by Gasteiger charge is -2.34. The predicted octanol–water partition coefficient (Wildman–Crippen LogP) is 0.924. The summed E-state index contributed by atoms with van der Waals surface area (Å²) in [5, 5.41) is 4.09. The van der Waals surface area contributed by atoms with Gasteiger partial charge in [0.1, 0.15) is 18.7 Å². The van der Waals surface area contributed by atoms with E-state index >= 15 is 0 Å². The molecule has 3 rings (SSSR count). The van der Waals surface area contributed by atoms with E-state index in [-0.39, 0.29) is 11.9 Å². The van der Waals surface area contributed by atoms with Gasteiger partial charge in [0, 0.05) is 18.6 Å². The molecule has 20 heavy (non-hydrogen) atoms. The molecule has 0 aliphatic carbocycles. The fourth-order valence-electron chi connectivity index (χ4n) is 3.66. The molecule has 6 heteroatoms. The van der Waals surface area contributed by atoms with Crippen LogP contribution in [0, 0.1) is 0 Å². The Morgan fingerprint density at radius 3 is 2.65 bits per heavy atom. The number of carbonyl (C=O) groups is 1. The number of hydrogen-bond acceptors (Lipinski definition) is 4. The van der Waals surface area contributed by atoms with Crippen LogP contribution in [0.4, 0.5) is 0 Å². The molecule has 6 nitrogen and oxygen atoms in total. The number of nitrogens with zero attached hydrogens (tertiary/aromatic N) is 5. The van der Waals surface area contributed by atoms with Gasteiger partial charge in [-0.1, -0.05) is 0 Å². The van der Waals surface area contributed by atoms with Gasteiger partial charge in [-0.25, -0.2) is 9.67 Å². The highest BCUT2D eigenvalue weighted by atomic mass is 16.2. The van der Waals surface area contributed by atoms with E-state index in [1.54, 1.807) is 11.0 Å². The predicted molar refractivity (Wildman–Crippen MR) is 75.1 cm³/mol. The van der Waals surface area contributed by atoms with Crippen LogP contribution >= 0.6 is 0 Å². The number of amides is 1. The van der Waals surface area contributed by atoms with Crippen LogP contribution in [0.3, 0.4) is 0 Å². The van der Waals surface area contributed by atoms with E-state index in [0.29, 0.717) is 12.1 Å². The van der Waals surface area contributed by atoms with Gasteiger partial charge in [0.05, 0.1) is 0 Å². The summed E-state index contributed by atoms with van der Waals surface area (Å²) in [6, 6.07) is 0.648. The summed E-state index contributed by atoms with van der Waals surface area (Å²) in [5.74, 6) is 0.179. The Balaban J connectivity index is 1.73. The average molecular weight is 277 g/mol. The maximum Gasteiger partial charge on any atom is 0.247 e. The van der Waals surface area contributed by atoms with Crippen LogP contribution in [0.5, 0.6) is 0 Å². The molecule has 2 aliphatic rings. The molecule has 110 valence electrons. The largest absolute Gasteiger partial charge is 0.336 e. The first-order valence-electron chi connectivity index (χ1n) is 7.53. The Labute approximate surface area is 119 Å². The molecular weight excluding hydrogens is 254 g/mol. The summed E-state index contributed by atoms with van der Waals surface area (Å²) < 4.78 is 1.65. The van der Waals surface area contributed by atoms with Gasteiger partial charge in [0.15, 0.2) is 0 Å². The van der Waals surface area contributed by atoms with Crippen molar-refractivity contribution in [3.05, 3.63) is 12.7 Å². The van der Waals surface area contributed by atoms with E-state index in [2.05, 4.69) is 26.9 Å². The second kappa shape index (κ2) is 5.52. The molecule has 0 spiro atoms. The van der Waals surface area contributed by atoms with Crippen LogP contribution in [0.25, 0.3) is 0 Å². The second-order valence-corrected chi connectivity index (χ2v) is 5.98. The van der Waals surface area contributed by atoms with Crippen LogP contribution < -0.4 is 0 Å². The van der Waals surface area contributed by atoms with Crippen molar-refractivity contribution >= 4 is 5.91 Å². The van der Waals surface area contributed by atoms with Gasteiger partial charge in [-0.3, -0.25) is 4.79 Å². The molecular formula is C14H23N5O. The van der Waals surface area contributed by atoms with Gasteiger partial charge in [-0.15, -0.1) is 0 Å². The highest BCUT2D eigenvalue weighted by Gasteiger charge is 2.39. The summed E-state index contributed by atoms with van der Waals surface area (Å²) >= 11 is 0. The maximum absolute atomic E-state index is 12.7. The minimum Gasteiger partial charge on any atom is -0.336 e. The third-order valence-electron chi connectivity index (χ3n) is 4.79. The molecule has 0 aromatic carbocycles. The SMILES string of the molecule is C[C@H](C(=O)N1CCC[C@H]1[C@@H]1CCCN1C)n1cncn1. The molecule has 0 N–H and O–H groups in total. The molecule has 1 aromatic rings. The van der Waals surface area contributed by atoms with Crippen LogP contribution in [0.2, 0.25) is 0 Å². The monoisotopic (exact) mass is 277 g/mol. The van der Waals surface area contributed by atoms with Gasteiger partial charge in [0.25, 0.3) is 0 Å². The number of hydrogen-bond donors (Lipinski definition) is 0. The second-order valence-electron chi connectivity index (χ2n) is 5.98. The lowest BCUT2D eigenvalue weighted by Crippen LogP contribution is -2.48. The van der Waals surface area contributed by atoms with Crippen molar-refractivity contribution in [3.8, 4) is 0 Å². The van der Waals surface area contributed by atoms with Crippen molar-refractivity contribution < 1.29 is 4.79 Å². The normalized spacial score (nSPS) is 29.0. The first-order valence-corrected chi connectivity index (χ1v) is 7.53. The molecule has 3 heterocycles. The molecule has 2 aliphatic heterocycles. The molecule has 1 aromatic heterocycles. The molecule has 2 fully saturated rings. The molecule has 2 saturated heterocycles. The van der Waals surface area contributed by atoms with Crippen molar-refractivity contribution in [2.24, 2.45) is 0 Å². The minimum absolute atomic E-state index is 0.179. The van der Waals surface area contributed by atoms with Gasteiger partial charge in [-0.2, -0.15) is 5.10 Å². The Bertz CT molecular complexity index is 460. The molecule has 0 unspecified atom stereocenters. The van der Waals surface area contributed by atoms with Crippen LogP contribution in [0.15, 0.2) is 12.7 Å². The zero-order chi connectivity index (χ0) is 14.1. The fourth-order valence-corrected chi connectivity index (χ4v) is 3.66. The quantitative estimate of drug-likeness (QED) is 0.824. The molecule has 0 saturated carbocycles. The van der Waals surface area contributed by atoms with Gasteiger partial charge in [-0.05, 0) is 46.2 Å². The van der Waals surface area contributed by atoms with Crippen molar-refractivity contribution in [3.63, 3.8) is 0 Å². The van der Waals surface area contributed by atoms with E-state index in [1.165, 1.54) is 19.2 Å². The van der Waals surface area contributed by atoms with Crippen LogP contribution in [-0.2, 0) is 4.79 Å². The van der Waals surface area contributed by atoms with Crippen molar-refractivity contribution in [2.45, 2.75) is 50.7 Å². The number of rotatable bonds is 3. The fraction of sp³-hybridized carbons (Fsp3) is 0.786. The number of aromatic nitrogens is 3. The van der Waals surface area contributed by atoms with E-state index in [4.69, 9.17) is 0 Å². The van der Waals surface area contributed by atoms with Crippen LogP contribution in [-0.4, -0.2) is 62.7 Å². The zero-order valence-corrected chi connectivity index (χ0v) is 12.3. The van der Waals surface area contributed by atoms with E-state index in [1.807, 2.05) is 6.92 Å². The highest BCUT2D eigenvalue weighted by molar-refractivity contribution is 5.80. The van der Waals surface area contributed by atoms with Crippen LogP contribution in [0.1, 0.15) is 38.6 Å². The zero-order valence-electron chi connectivity index (χ0n) is 12.3. The first-order chi connectivity index (χ1) is 9.68. The van der Waals surface area contributed by atoms with Crippen molar-refractivity contribution in [2.75, 3.05) is 20.1 Å². The maximum atomic E-state index is 12.7. The Morgan fingerprint density at radius 1 is 1.25 bits per heavy atom. The topological polar surface area (TPSA) is 54.3 Å². The molecule has 0 bridgehead atoms. The van der Waals surface area contributed by atoms with E-state index in [9.17, 15) is 4.79 Å². The Kier molecular flexibility index (Phi) is 3.74. The first kappa shape index (κ1) is 13.5. The third kappa shape index (κ3) is 2.32. The number of likely N-dealkylation sites (tertiary alicyclic amines) is 2. The lowest BCUT2D eigenvalue weighted by atomic mass is 10.0. The van der Waals surface area contributed by atoms with E-state index in [0.717, 1.165) is 25.9 Å². The smallest absolute Gasteiger partial charge is 0.247 e. The molecule has 1 amide bonds.